The molecule has 0 amide bonds. The normalized spacial score (nSPS) is 11.0. The van der Waals surface area contributed by atoms with Gasteiger partial charge in [0, 0.05) is 29.8 Å². The third-order valence-corrected chi connectivity index (χ3v) is 5.18. The van der Waals surface area contributed by atoms with Gasteiger partial charge in [0.1, 0.15) is 23.7 Å². The van der Waals surface area contributed by atoms with E-state index in [2.05, 4.69) is 5.10 Å². The fourth-order valence-corrected chi connectivity index (χ4v) is 3.57. The summed E-state index contributed by atoms with van der Waals surface area (Å²) in [6, 6.07) is 21.9. The van der Waals surface area contributed by atoms with Crippen LogP contribution in [0.15, 0.2) is 101 Å². The lowest BCUT2D eigenvalue weighted by Crippen LogP contribution is -2.09. The zero-order valence-electron chi connectivity index (χ0n) is 17.1. The summed E-state index contributed by atoms with van der Waals surface area (Å²) in [6.45, 7) is 0.345. The molecule has 5 aromatic rings. The molecule has 0 saturated carbocycles. The number of benzene rings is 3. The molecule has 2 aromatic heterocycles. The Morgan fingerprint density at radius 3 is 2.69 bits per heavy atom. The standard InChI is InChI=1S/C26H20N2O4/c29-22-8-4-5-18(12-22)11-20-17-32-25-13-23(9-10-24(25)26(20)30)31-16-19-14-27-28(15-19)21-6-2-1-3-7-21/h1-10,12-15,17,29H,11,16H2. The first kappa shape index (κ1) is 19.6. The Bertz CT molecular complexity index is 1440. The molecule has 158 valence electrons. The Hall–Kier alpha value is -4.32. The molecule has 0 aliphatic heterocycles. The van der Waals surface area contributed by atoms with Crippen LogP contribution in [0.5, 0.6) is 11.5 Å². The minimum absolute atomic E-state index is 0.0923. The Kier molecular flexibility index (Phi) is 5.17. The van der Waals surface area contributed by atoms with Gasteiger partial charge in [-0.05, 0) is 42.0 Å². The first-order valence-electron chi connectivity index (χ1n) is 10.2. The molecule has 0 radical (unpaired) electrons. The highest BCUT2D eigenvalue weighted by Crippen LogP contribution is 2.22. The van der Waals surface area contributed by atoms with Crippen molar-refractivity contribution in [2.24, 2.45) is 0 Å². The van der Waals surface area contributed by atoms with Crippen molar-refractivity contribution in [1.82, 2.24) is 9.78 Å². The molecule has 32 heavy (non-hydrogen) atoms. The Labute approximate surface area is 183 Å². The lowest BCUT2D eigenvalue weighted by atomic mass is 10.0. The highest BCUT2D eigenvalue weighted by Gasteiger charge is 2.10. The minimum atomic E-state index is -0.0923. The van der Waals surface area contributed by atoms with Gasteiger partial charge >= 0.3 is 0 Å². The summed E-state index contributed by atoms with van der Waals surface area (Å²) in [6.07, 6.45) is 5.55. The predicted molar refractivity (Wildman–Crippen MR) is 121 cm³/mol. The second-order valence-corrected chi connectivity index (χ2v) is 7.51. The number of hydrogen-bond acceptors (Lipinski definition) is 5. The average Bonchev–Trinajstić information content (AvgIpc) is 3.29. The quantitative estimate of drug-likeness (QED) is 0.421. The van der Waals surface area contributed by atoms with Crippen molar-refractivity contribution in [2.45, 2.75) is 13.0 Å². The van der Waals surface area contributed by atoms with E-state index < -0.39 is 0 Å². The molecule has 0 aliphatic rings. The summed E-state index contributed by atoms with van der Waals surface area (Å²) in [4.78, 5) is 12.9. The maximum atomic E-state index is 12.9. The van der Waals surface area contributed by atoms with Gasteiger partial charge in [0.25, 0.3) is 0 Å². The van der Waals surface area contributed by atoms with Crippen LogP contribution in [0, 0.1) is 0 Å². The lowest BCUT2D eigenvalue weighted by Gasteiger charge is -2.07. The summed E-state index contributed by atoms with van der Waals surface area (Å²) in [5.74, 6) is 0.776. The van der Waals surface area contributed by atoms with Gasteiger partial charge in [0.2, 0.25) is 0 Å². The van der Waals surface area contributed by atoms with Crippen molar-refractivity contribution in [2.75, 3.05) is 0 Å². The SMILES string of the molecule is O=c1c(Cc2cccc(O)c2)coc2cc(OCc3cnn(-c4ccccc4)c3)ccc12. The van der Waals surface area contributed by atoms with Crippen molar-refractivity contribution >= 4 is 11.0 Å². The van der Waals surface area contributed by atoms with E-state index in [1.165, 1.54) is 6.26 Å². The van der Waals surface area contributed by atoms with Crippen LogP contribution in [0.25, 0.3) is 16.7 Å². The van der Waals surface area contributed by atoms with Gasteiger partial charge in [-0.1, -0.05) is 30.3 Å². The van der Waals surface area contributed by atoms with E-state index in [4.69, 9.17) is 9.15 Å². The maximum absolute atomic E-state index is 12.9. The van der Waals surface area contributed by atoms with Crippen molar-refractivity contribution in [3.05, 3.63) is 118 Å². The van der Waals surface area contributed by atoms with E-state index in [0.29, 0.717) is 35.3 Å². The van der Waals surface area contributed by atoms with Crippen LogP contribution >= 0.6 is 0 Å². The van der Waals surface area contributed by atoms with E-state index in [0.717, 1.165) is 16.8 Å². The number of para-hydroxylation sites is 1. The number of aromatic hydroxyl groups is 1. The topological polar surface area (TPSA) is 77.5 Å². The van der Waals surface area contributed by atoms with Crippen LogP contribution in [0.4, 0.5) is 0 Å². The Morgan fingerprint density at radius 2 is 1.84 bits per heavy atom. The second kappa shape index (κ2) is 8.43. The number of fused-ring (bicyclic) bond motifs is 1. The fourth-order valence-electron chi connectivity index (χ4n) is 3.57. The first-order chi connectivity index (χ1) is 15.7. The zero-order valence-corrected chi connectivity index (χ0v) is 17.1. The highest BCUT2D eigenvalue weighted by molar-refractivity contribution is 5.78. The molecular weight excluding hydrogens is 404 g/mol. The average molecular weight is 424 g/mol. The molecular formula is C26H20N2O4. The Morgan fingerprint density at radius 1 is 0.969 bits per heavy atom. The lowest BCUT2D eigenvalue weighted by molar-refractivity contribution is 0.306. The number of phenolic OH excluding ortho intramolecular Hbond substituents is 1. The van der Waals surface area contributed by atoms with Crippen LogP contribution in [-0.4, -0.2) is 14.9 Å². The van der Waals surface area contributed by atoms with Gasteiger partial charge in [-0.25, -0.2) is 4.68 Å². The van der Waals surface area contributed by atoms with Crippen molar-refractivity contribution in [3.63, 3.8) is 0 Å². The van der Waals surface area contributed by atoms with Crippen LogP contribution < -0.4 is 10.2 Å². The minimum Gasteiger partial charge on any atom is -0.508 e. The number of rotatable bonds is 6. The van der Waals surface area contributed by atoms with Crippen molar-refractivity contribution in [1.29, 1.82) is 0 Å². The van der Waals surface area contributed by atoms with E-state index in [1.807, 2.05) is 42.6 Å². The number of nitrogens with zero attached hydrogens (tertiary/aromatic N) is 2. The van der Waals surface area contributed by atoms with Gasteiger partial charge in [0.15, 0.2) is 5.43 Å². The predicted octanol–water partition coefficient (Wildman–Crippen LogP) is 4.85. The van der Waals surface area contributed by atoms with E-state index >= 15 is 0 Å². The highest BCUT2D eigenvalue weighted by atomic mass is 16.5. The van der Waals surface area contributed by atoms with Crippen LogP contribution in [0.3, 0.4) is 0 Å². The fraction of sp³-hybridized carbons (Fsp3) is 0.0769. The third-order valence-electron chi connectivity index (χ3n) is 5.18. The zero-order chi connectivity index (χ0) is 21.9. The van der Waals surface area contributed by atoms with Crippen LogP contribution in [0.1, 0.15) is 16.7 Å². The molecule has 0 spiro atoms. The largest absolute Gasteiger partial charge is 0.508 e. The number of hydrogen-bond donors (Lipinski definition) is 1. The summed E-state index contributed by atoms with van der Waals surface area (Å²) < 4.78 is 13.4. The second-order valence-electron chi connectivity index (χ2n) is 7.51. The van der Waals surface area contributed by atoms with Crippen LogP contribution in [-0.2, 0) is 13.0 Å². The summed E-state index contributed by atoms with van der Waals surface area (Å²) in [5, 5.41) is 14.5. The molecule has 3 aromatic carbocycles. The van der Waals surface area contributed by atoms with Gasteiger partial charge < -0.3 is 14.3 Å². The molecule has 1 N–H and O–H groups in total. The molecule has 0 fully saturated rings. The molecule has 6 heteroatoms. The Balaban J connectivity index is 1.32. The number of aromatic nitrogens is 2. The van der Waals surface area contributed by atoms with Gasteiger partial charge in [-0.15, -0.1) is 0 Å². The van der Waals surface area contributed by atoms with Crippen molar-refractivity contribution < 1.29 is 14.3 Å². The van der Waals surface area contributed by atoms with Crippen molar-refractivity contribution in [3.8, 4) is 17.2 Å². The molecule has 0 unspecified atom stereocenters. The number of phenols is 1. The monoisotopic (exact) mass is 424 g/mol. The molecule has 0 aliphatic carbocycles. The first-order valence-corrected chi connectivity index (χ1v) is 10.2. The summed E-state index contributed by atoms with van der Waals surface area (Å²) >= 11 is 0. The summed E-state index contributed by atoms with van der Waals surface area (Å²) in [7, 11) is 0. The smallest absolute Gasteiger partial charge is 0.196 e. The third kappa shape index (κ3) is 4.11. The molecule has 2 heterocycles. The number of ether oxygens (including phenoxy) is 1. The van der Waals surface area contributed by atoms with Gasteiger partial charge in [0.05, 0.1) is 23.5 Å². The molecule has 0 saturated heterocycles. The van der Waals surface area contributed by atoms with E-state index in [9.17, 15) is 9.90 Å². The summed E-state index contributed by atoms with van der Waals surface area (Å²) in [5.41, 5.74) is 3.65. The van der Waals surface area contributed by atoms with Crippen LogP contribution in [0.2, 0.25) is 0 Å². The molecule has 5 rings (SSSR count). The van der Waals surface area contributed by atoms with E-state index in [1.54, 1.807) is 47.3 Å². The van der Waals surface area contributed by atoms with Gasteiger partial charge in [-0.3, -0.25) is 4.79 Å². The molecule has 0 bridgehead atoms. The molecule has 0 atom stereocenters. The van der Waals surface area contributed by atoms with Gasteiger partial charge in [-0.2, -0.15) is 5.10 Å². The van der Waals surface area contributed by atoms with E-state index in [-0.39, 0.29) is 11.2 Å². The maximum Gasteiger partial charge on any atom is 0.196 e. The molecule has 6 nitrogen and oxygen atoms in total.